The predicted octanol–water partition coefficient (Wildman–Crippen LogP) is 2.72. The van der Waals surface area contributed by atoms with Crippen LogP contribution in [0.25, 0.3) is 0 Å². The Morgan fingerprint density at radius 1 is 1.41 bits per heavy atom. The van der Waals surface area contributed by atoms with Crippen molar-refractivity contribution in [2.45, 2.75) is 32.8 Å². The normalized spacial score (nSPS) is 9.76. The van der Waals surface area contributed by atoms with E-state index in [1.54, 1.807) is 24.3 Å². The maximum Gasteiger partial charge on any atom is 0.225 e. The van der Waals surface area contributed by atoms with Crippen LogP contribution in [0.3, 0.4) is 0 Å². The van der Waals surface area contributed by atoms with Gasteiger partial charge >= 0.3 is 0 Å². The molecule has 0 radical (unpaired) electrons. The van der Waals surface area contributed by atoms with Gasteiger partial charge in [-0.15, -0.1) is 0 Å². The molecule has 0 bridgehead atoms. The Labute approximate surface area is 101 Å². The summed E-state index contributed by atoms with van der Waals surface area (Å²) >= 11 is 0. The van der Waals surface area contributed by atoms with Gasteiger partial charge in [-0.05, 0) is 38.1 Å². The quantitative estimate of drug-likeness (QED) is 0.849. The summed E-state index contributed by atoms with van der Waals surface area (Å²) in [5.74, 6) is 0.624. The number of nitriles is 1. The lowest BCUT2D eigenvalue weighted by Gasteiger charge is -2.10. The smallest absolute Gasteiger partial charge is 0.225 e. The van der Waals surface area contributed by atoms with Gasteiger partial charge in [0.1, 0.15) is 5.75 Å². The molecule has 1 aromatic rings. The molecule has 0 heterocycles. The molecular weight excluding hydrogens is 216 g/mol. The number of nitrogens with zero attached hydrogens (tertiary/aromatic N) is 1. The molecule has 0 aliphatic heterocycles. The van der Waals surface area contributed by atoms with Crippen LogP contribution in [-0.4, -0.2) is 12.0 Å². The van der Waals surface area contributed by atoms with Gasteiger partial charge in [0.05, 0.1) is 12.2 Å². The molecular formula is C13H16N2O2. The maximum atomic E-state index is 11.3. The summed E-state index contributed by atoms with van der Waals surface area (Å²) in [5, 5.41) is 11.1. The third kappa shape index (κ3) is 5.03. The van der Waals surface area contributed by atoms with Gasteiger partial charge in [0, 0.05) is 18.5 Å². The zero-order chi connectivity index (χ0) is 12.7. The van der Waals surface area contributed by atoms with Crippen molar-refractivity contribution in [2.24, 2.45) is 0 Å². The van der Waals surface area contributed by atoms with Crippen molar-refractivity contribution in [1.82, 2.24) is 0 Å². The first-order chi connectivity index (χ1) is 8.11. The molecule has 1 aromatic carbocycles. The van der Waals surface area contributed by atoms with E-state index < -0.39 is 0 Å². The van der Waals surface area contributed by atoms with Crippen molar-refractivity contribution in [1.29, 1.82) is 5.26 Å². The highest BCUT2D eigenvalue weighted by Crippen LogP contribution is 2.17. The first-order valence-electron chi connectivity index (χ1n) is 5.55. The highest BCUT2D eigenvalue weighted by molar-refractivity contribution is 5.90. The van der Waals surface area contributed by atoms with Crippen molar-refractivity contribution in [3.63, 3.8) is 0 Å². The van der Waals surface area contributed by atoms with Crippen LogP contribution in [0.4, 0.5) is 5.69 Å². The number of nitrogens with one attached hydrogen (secondary N) is 1. The Hall–Kier alpha value is -2.02. The second-order valence-corrected chi connectivity index (χ2v) is 3.90. The molecule has 0 saturated heterocycles. The van der Waals surface area contributed by atoms with Crippen LogP contribution >= 0.6 is 0 Å². The van der Waals surface area contributed by atoms with E-state index in [1.807, 2.05) is 19.9 Å². The molecule has 0 saturated carbocycles. The lowest BCUT2D eigenvalue weighted by atomic mass is 10.2. The zero-order valence-corrected chi connectivity index (χ0v) is 10.1. The van der Waals surface area contributed by atoms with Gasteiger partial charge in [-0.3, -0.25) is 4.79 Å². The van der Waals surface area contributed by atoms with E-state index in [-0.39, 0.29) is 24.9 Å². The second kappa shape index (κ2) is 6.54. The van der Waals surface area contributed by atoms with Crippen LogP contribution in [-0.2, 0) is 4.79 Å². The summed E-state index contributed by atoms with van der Waals surface area (Å²) < 4.78 is 5.48. The Morgan fingerprint density at radius 3 is 2.59 bits per heavy atom. The minimum atomic E-state index is -0.149. The summed E-state index contributed by atoms with van der Waals surface area (Å²) in [5.41, 5.74) is 0.712. The molecule has 4 nitrogen and oxygen atoms in total. The molecule has 17 heavy (non-hydrogen) atoms. The summed E-state index contributed by atoms with van der Waals surface area (Å²) in [6.07, 6.45) is 0.590. The number of hydrogen-bond acceptors (Lipinski definition) is 3. The maximum absolute atomic E-state index is 11.3. The van der Waals surface area contributed by atoms with E-state index in [0.29, 0.717) is 5.69 Å². The molecule has 1 N–H and O–H groups in total. The van der Waals surface area contributed by atoms with E-state index in [1.165, 1.54) is 0 Å². The van der Waals surface area contributed by atoms with Crippen molar-refractivity contribution in [3.8, 4) is 11.8 Å². The van der Waals surface area contributed by atoms with Gasteiger partial charge < -0.3 is 10.1 Å². The van der Waals surface area contributed by atoms with Gasteiger partial charge in [-0.25, -0.2) is 0 Å². The number of anilines is 1. The average Bonchev–Trinajstić information content (AvgIpc) is 2.28. The molecule has 4 heteroatoms. The molecule has 0 aliphatic rings. The minimum Gasteiger partial charge on any atom is -0.491 e. The Kier molecular flexibility index (Phi) is 5.02. The molecule has 90 valence electrons. The monoisotopic (exact) mass is 232 g/mol. The van der Waals surface area contributed by atoms with E-state index >= 15 is 0 Å². The number of ether oxygens (including phenoxy) is 1. The fourth-order valence-corrected chi connectivity index (χ4v) is 1.28. The fourth-order valence-electron chi connectivity index (χ4n) is 1.28. The van der Waals surface area contributed by atoms with Gasteiger partial charge in [0.15, 0.2) is 0 Å². The van der Waals surface area contributed by atoms with Crippen LogP contribution < -0.4 is 10.1 Å². The molecule has 0 atom stereocenters. The number of carbonyl (C=O) groups is 1. The first-order valence-corrected chi connectivity index (χ1v) is 5.55. The van der Waals surface area contributed by atoms with Gasteiger partial charge in [0.25, 0.3) is 0 Å². The van der Waals surface area contributed by atoms with Crippen LogP contribution in [0.5, 0.6) is 5.75 Å². The third-order valence-corrected chi connectivity index (χ3v) is 1.97. The third-order valence-electron chi connectivity index (χ3n) is 1.97. The Balaban J connectivity index is 2.51. The van der Waals surface area contributed by atoms with Gasteiger partial charge in [0.2, 0.25) is 5.91 Å². The number of hydrogen-bond donors (Lipinski definition) is 1. The topological polar surface area (TPSA) is 62.1 Å². The molecule has 0 aromatic heterocycles. The van der Waals surface area contributed by atoms with Gasteiger partial charge in [-0.1, -0.05) is 0 Å². The standard InChI is InChI=1S/C13H16N2O2/c1-10(2)17-12-7-5-11(6-8-12)15-13(16)4-3-9-14/h5-8,10H,3-4H2,1-2H3,(H,15,16). The molecule has 0 unspecified atom stereocenters. The van der Waals surface area contributed by atoms with Crippen molar-refractivity contribution in [2.75, 3.05) is 5.32 Å². The lowest BCUT2D eigenvalue weighted by Crippen LogP contribution is -2.11. The van der Waals surface area contributed by atoms with Crippen LogP contribution in [0.15, 0.2) is 24.3 Å². The largest absolute Gasteiger partial charge is 0.491 e. The number of amides is 1. The molecule has 1 rings (SSSR count). The summed E-state index contributed by atoms with van der Waals surface area (Å²) in [4.78, 5) is 11.3. The first kappa shape index (κ1) is 13.0. The summed E-state index contributed by atoms with van der Waals surface area (Å²) in [7, 11) is 0. The van der Waals surface area contributed by atoms with Gasteiger partial charge in [-0.2, -0.15) is 5.26 Å². The minimum absolute atomic E-state index is 0.131. The highest BCUT2D eigenvalue weighted by atomic mass is 16.5. The zero-order valence-electron chi connectivity index (χ0n) is 10.1. The summed E-state index contributed by atoms with van der Waals surface area (Å²) in [6.45, 7) is 3.91. The van der Waals surface area contributed by atoms with Crippen molar-refractivity contribution < 1.29 is 9.53 Å². The highest BCUT2D eigenvalue weighted by Gasteiger charge is 2.02. The molecule has 0 aliphatic carbocycles. The van der Waals surface area contributed by atoms with Crippen LogP contribution in [0.1, 0.15) is 26.7 Å². The van der Waals surface area contributed by atoms with Crippen LogP contribution in [0, 0.1) is 11.3 Å². The Bertz CT molecular complexity index is 404. The lowest BCUT2D eigenvalue weighted by molar-refractivity contribution is -0.116. The predicted molar refractivity (Wildman–Crippen MR) is 65.7 cm³/mol. The van der Waals surface area contributed by atoms with E-state index in [0.717, 1.165) is 5.75 Å². The van der Waals surface area contributed by atoms with Crippen LogP contribution in [0.2, 0.25) is 0 Å². The second-order valence-electron chi connectivity index (χ2n) is 3.90. The number of carbonyl (C=O) groups excluding carboxylic acids is 1. The van der Waals surface area contributed by atoms with Crippen molar-refractivity contribution in [3.05, 3.63) is 24.3 Å². The van der Waals surface area contributed by atoms with Crippen molar-refractivity contribution >= 4 is 11.6 Å². The fraction of sp³-hybridized carbons (Fsp3) is 0.385. The number of benzene rings is 1. The average molecular weight is 232 g/mol. The Morgan fingerprint density at radius 2 is 2.06 bits per heavy atom. The van der Waals surface area contributed by atoms with E-state index in [2.05, 4.69) is 5.32 Å². The van der Waals surface area contributed by atoms with E-state index in [4.69, 9.17) is 10.00 Å². The molecule has 0 fully saturated rings. The number of rotatable bonds is 5. The molecule has 1 amide bonds. The summed E-state index contributed by atoms with van der Waals surface area (Å²) in [6, 6.07) is 9.10. The molecule has 0 spiro atoms. The van der Waals surface area contributed by atoms with E-state index in [9.17, 15) is 4.79 Å². The SMILES string of the molecule is CC(C)Oc1ccc(NC(=O)CCC#N)cc1.